The zero-order valence-electron chi connectivity index (χ0n) is 18.9. The highest BCUT2D eigenvalue weighted by Crippen LogP contribution is 2.34. The topological polar surface area (TPSA) is 72.0 Å². The van der Waals surface area contributed by atoms with Crippen LogP contribution in [0.4, 0.5) is 5.69 Å². The molecule has 0 aliphatic heterocycles. The summed E-state index contributed by atoms with van der Waals surface area (Å²) in [6.45, 7) is 0.487. The van der Waals surface area contributed by atoms with Gasteiger partial charge in [0.2, 0.25) is 0 Å². The highest BCUT2D eigenvalue weighted by atomic mass is 127. The molecule has 0 saturated heterocycles. The van der Waals surface area contributed by atoms with E-state index in [9.17, 15) is 4.79 Å². The van der Waals surface area contributed by atoms with Crippen molar-refractivity contribution in [1.82, 2.24) is 5.43 Å². The largest absolute Gasteiger partial charge is 0.493 e. The Morgan fingerprint density at radius 1 is 1.06 bits per heavy atom. The summed E-state index contributed by atoms with van der Waals surface area (Å²) in [5.41, 5.74) is 5.22. The van der Waals surface area contributed by atoms with Gasteiger partial charge in [-0.15, -0.1) is 0 Å². The lowest BCUT2D eigenvalue weighted by atomic mass is 10.1. The van der Waals surface area contributed by atoms with E-state index in [1.807, 2.05) is 78.9 Å². The molecule has 0 fully saturated rings. The highest BCUT2D eigenvalue weighted by Gasteiger charge is 2.12. The smallest absolute Gasteiger partial charge is 0.259 e. The van der Waals surface area contributed by atoms with Crippen LogP contribution in [0.5, 0.6) is 11.5 Å². The lowest BCUT2D eigenvalue weighted by Gasteiger charge is -2.13. The first kappa shape index (κ1) is 24.8. The van der Waals surface area contributed by atoms with Crippen LogP contribution in [0, 0.1) is 3.57 Å². The number of halogens is 2. The SMILES string of the molecule is COc1cc(/C=N\NC(=O)CNc2cccc3ccccc23)cc(I)c1OCc1ccc(Cl)cc1. The van der Waals surface area contributed by atoms with Gasteiger partial charge in [0.05, 0.1) is 23.4 Å². The lowest BCUT2D eigenvalue weighted by Crippen LogP contribution is -2.25. The molecule has 4 aromatic carbocycles. The van der Waals surface area contributed by atoms with Crippen molar-refractivity contribution in [2.75, 3.05) is 19.0 Å². The zero-order chi connectivity index (χ0) is 24.6. The van der Waals surface area contributed by atoms with Gasteiger partial charge in [0.15, 0.2) is 11.5 Å². The third-order valence-corrected chi connectivity index (χ3v) is 6.23. The Hall–Kier alpha value is -3.30. The fourth-order valence-electron chi connectivity index (χ4n) is 3.46. The van der Waals surface area contributed by atoms with Crippen LogP contribution >= 0.6 is 34.2 Å². The molecule has 0 spiro atoms. The van der Waals surface area contributed by atoms with Crippen LogP contribution in [0.15, 0.2) is 84.0 Å². The molecule has 0 aliphatic carbocycles. The number of hydrogen-bond acceptors (Lipinski definition) is 5. The molecule has 0 atom stereocenters. The van der Waals surface area contributed by atoms with E-state index in [1.165, 1.54) is 0 Å². The number of nitrogens with one attached hydrogen (secondary N) is 2. The first-order valence-corrected chi connectivity index (χ1v) is 12.3. The van der Waals surface area contributed by atoms with Crippen molar-refractivity contribution in [1.29, 1.82) is 0 Å². The average molecular weight is 600 g/mol. The number of carbonyl (C=O) groups excluding carboxylic acids is 1. The van der Waals surface area contributed by atoms with Gasteiger partial charge in [-0.25, -0.2) is 5.43 Å². The summed E-state index contributed by atoms with van der Waals surface area (Å²) < 4.78 is 12.4. The van der Waals surface area contributed by atoms with Crippen LogP contribution in [0.25, 0.3) is 10.8 Å². The van der Waals surface area contributed by atoms with E-state index in [4.69, 9.17) is 21.1 Å². The number of hydrogen-bond donors (Lipinski definition) is 2. The Balaban J connectivity index is 1.35. The van der Waals surface area contributed by atoms with Crippen LogP contribution in [0.3, 0.4) is 0 Å². The minimum atomic E-state index is -0.251. The molecule has 0 aromatic heterocycles. The van der Waals surface area contributed by atoms with Gasteiger partial charge in [0, 0.05) is 16.1 Å². The molecular formula is C27H23ClIN3O3. The Bertz CT molecular complexity index is 1350. The number of methoxy groups -OCH3 is 1. The summed E-state index contributed by atoms with van der Waals surface area (Å²) in [7, 11) is 1.59. The monoisotopic (exact) mass is 599 g/mol. The quantitative estimate of drug-likeness (QED) is 0.136. The molecule has 8 heteroatoms. The maximum Gasteiger partial charge on any atom is 0.259 e. The van der Waals surface area contributed by atoms with Crippen molar-refractivity contribution in [2.45, 2.75) is 6.61 Å². The van der Waals surface area contributed by atoms with Crippen LogP contribution in [-0.4, -0.2) is 25.8 Å². The number of carbonyl (C=O) groups is 1. The van der Waals surface area contributed by atoms with E-state index in [1.54, 1.807) is 13.3 Å². The van der Waals surface area contributed by atoms with Crippen molar-refractivity contribution in [3.8, 4) is 11.5 Å². The minimum Gasteiger partial charge on any atom is -0.493 e. The highest BCUT2D eigenvalue weighted by molar-refractivity contribution is 14.1. The third-order valence-electron chi connectivity index (χ3n) is 5.18. The van der Waals surface area contributed by atoms with Crippen molar-refractivity contribution < 1.29 is 14.3 Å². The molecule has 0 heterocycles. The third kappa shape index (κ3) is 6.64. The number of amides is 1. The second-order valence-corrected chi connectivity index (χ2v) is 9.22. The number of rotatable bonds is 9. The van der Waals surface area contributed by atoms with Gasteiger partial charge < -0.3 is 14.8 Å². The Labute approximate surface area is 222 Å². The average Bonchev–Trinajstić information content (AvgIpc) is 2.87. The first-order valence-electron chi connectivity index (χ1n) is 10.8. The van der Waals surface area contributed by atoms with E-state index in [2.05, 4.69) is 38.4 Å². The number of nitrogens with zero attached hydrogens (tertiary/aromatic N) is 1. The summed E-state index contributed by atoms with van der Waals surface area (Å²) in [6, 6.07) is 25.2. The molecule has 6 nitrogen and oxygen atoms in total. The molecule has 35 heavy (non-hydrogen) atoms. The van der Waals surface area contributed by atoms with Crippen LogP contribution in [0.2, 0.25) is 5.02 Å². The van der Waals surface area contributed by atoms with E-state index < -0.39 is 0 Å². The summed E-state index contributed by atoms with van der Waals surface area (Å²) in [5, 5.41) is 10.1. The fraction of sp³-hybridized carbons (Fsp3) is 0.111. The second kappa shape index (κ2) is 11.9. The molecule has 1 amide bonds. The standard InChI is InChI=1S/C27H23ClIN3O3/c1-34-25-14-19(13-23(29)27(25)35-17-18-9-11-21(28)12-10-18)15-31-32-26(33)16-30-24-8-4-6-20-5-2-3-7-22(20)24/h2-15,30H,16-17H2,1H3,(H,32,33)/b31-15-. The van der Waals surface area contributed by atoms with Crippen molar-refractivity contribution in [3.05, 3.63) is 98.6 Å². The molecule has 0 radical (unpaired) electrons. The summed E-state index contributed by atoms with van der Waals surface area (Å²) in [4.78, 5) is 12.3. The van der Waals surface area contributed by atoms with Crippen molar-refractivity contribution >= 4 is 62.8 Å². The molecule has 0 aliphatic rings. The van der Waals surface area contributed by atoms with Gasteiger partial charge >= 0.3 is 0 Å². The van der Waals surface area contributed by atoms with E-state index in [0.717, 1.165) is 31.2 Å². The predicted octanol–water partition coefficient (Wildman–Crippen LogP) is 6.25. The Morgan fingerprint density at radius 3 is 2.63 bits per heavy atom. The van der Waals surface area contributed by atoms with Gasteiger partial charge in [-0.1, -0.05) is 60.1 Å². The summed E-state index contributed by atoms with van der Waals surface area (Å²) in [5.74, 6) is 0.971. The molecule has 4 rings (SSSR count). The van der Waals surface area contributed by atoms with Crippen LogP contribution < -0.4 is 20.2 Å². The molecule has 0 bridgehead atoms. The summed E-state index contributed by atoms with van der Waals surface area (Å²) >= 11 is 8.13. The maximum absolute atomic E-state index is 12.3. The molecular weight excluding hydrogens is 577 g/mol. The van der Waals surface area contributed by atoms with Gasteiger partial charge in [-0.05, 0) is 69.4 Å². The molecule has 0 unspecified atom stereocenters. The Kier molecular flexibility index (Phi) is 8.44. The van der Waals surface area contributed by atoms with E-state index in [0.29, 0.717) is 23.1 Å². The van der Waals surface area contributed by atoms with Gasteiger partial charge in [-0.2, -0.15) is 5.10 Å². The normalized spacial score (nSPS) is 10.9. The Morgan fingerprint density at radius 2 is 1.83 bits per heavy atom. The predicted molar refractivity (Wildman–Crippen MR) is 150 cm³/mol. The molecule has 2 N–H and O–H groups in total. The number of ether oxygens (including phenoxy) is 2. The van der Waals surface area contributed by atoms with Gasteiger partial charge in [0.25, 0.3) is 5.91 Å². The second-order valence-electron chi connectivity index (χ2n) is 7.62. The fourth-order valence-corrected chi connectivity index (χ4v) is 4.37. The minimum absolute atomic E-state index is 0.101. The van der Waals surface area contributed by atoms with Crippen molar-refractivity contribution in [3.63, 3.8) is 0 Å². The zero-order valence-corrected chi connectivity index (χ0v) is 21.8. The number of fused-ring (bicyclic) bond motifs is 1. The molecule has 178 valence electrons. The summed E-state index contributed by atoms with van der Waals surface area (Å²) in [6.07, 6.45) is 1.57. The van der Waals surface area contributed by atoms with E-state index >= 15 is 0 Å². The molecule has 0 saturated carbocycles. The number of benzene rings is 4. The molecule has 4 aromatic rings. The lowest BCUT2D eigenvalue weighted by molar-refractivity contribution is -0.119. The van der Waals surface area contributed by atoms with Crippen molar-refractivity contribution in [2.24, 2.45) is 5.10 Å². The van der Waals surface area contributed by atoms with E-state index in [-0.39, 0.29) is 12.5 Å². The number of anilines is 1. The number of hydrazone groups is 1. The maximum atomic E-state index is 12.3. The first-order chi connectivity index (χ1) is 17.0. The van der Waals surface area contributed by atoms with Crippen LogP contribution in [0.1, 0.15) is 11.1 Å². The van der Waals surface area contributed by atoms with Crippen LogP contribution in [-0.2, 0) is 11.4 Å². The van der Waals surface area contributed by atoms with Gasteiger partial charge in [0.1, 0.15) is 6.61 Å². The van der Waals surface area contributed by atoms with Gasteiger partial charge in [-0.3, -0.25) is 4.79 Å².